The molecule has 1 aromatic carbocycles. The molecule has 138 valence electrons. The van der Waals surface area contributed by atoms with Gasteiger partial charge in [0.05, 0.1) is 36.9 Å². The van der Waals surface area contributed by atoms with Crippen molar-refractivity contribution in [3.8, 4) is 11.5 Å². The third-order valence-corrected chi connectivity index (χ3v) is 4.06. The molecule has 0 aliphatic heterocycles. The lowest BCUT2D eigenvalue weighted by Gasteiger charge is -2.22. The Bertz CT molecular complexity index is 676. The lowest BCUT2D eigenvalue weighted by atomic mass is 10.1. The van der Waals surface area contributed by atoms with Gasteiger partial charge in [0.1, 0.15) is 0 Å². The summed E-state index contributed by atoms with van der Waals surface area (Å²) in [5.74, 6) is 1.23. The molecule has 0 atom stereocenters. The molecule has 0 unspecified atom stereocenters. The summed E-state index contributed by atoms with van der Waals surface area (Å²) in [6.07, 6.45) is 3.61. The van der Waals surface area contributed by atoms with Gasteiger partial charge in [-0.2, -0.15) is 0 Å². The summed E-state index contributed by atoms with van der Waals surface area (Å²) in [4.78, 5) is 6.28. The van der Waals surface area contributed by atoms with Crippen LogP contribution in [0.5, 0.6) is 11.5 Å². The SMILES string of the molecule is CCOc1cc(CN(CCO)Cc2cncn2C)cc(Cl)c1OCC. The predicted molar refractivity (Wildman–Crippen MR) is 98.2 cm³/mol. The van der Waals surface area contributed by atoms with Gasteiger partial charge in [-0.3, -0.25) is 4.90 Å². The Hall–Kier alpha value is -1.76. The van der Waals surface area contributed by atoms with Gasteiger partial charge in [-0.25, -0.2) is 4.98 Å². The summed E-state index contributed by atoms with van der Waals surface area (Å²) < 4.78 is 13.3. The van der Waals surface area contributed by atoms with Gasteiger partial charge in [0.15, 0.2) is 11.5 Å². The van der Waals surface area contributed by atoms with Crippen LogP contribution in [0.2, 0.25) is 5.02 Å². The number of benzene rings is 1. The van der Waals surface area contributed by atoms with Gasteiger partial charge in [-0.05, 0) is 31.5 Å². The number of hydrogen-bond donors (Lipinski definition) is 1. The lowest BCUT2D eigenvalue weighted by Crippen LogP contribution is -2.27. The number of nitrogens with zero attached hydrogens (tertiary/aromatic N) is 3. The predicted octanol–water partition coefficient (Wildman–Crippen LogP) is 2.87. The van der Waals surface area contributed by atoms with E-state index in [-0.39, 0.29) is 6.61 Å². The molecule has 0 amide bonds. The van der Waals surface area contributed by atoms with E-state index in [2.05, 4.69) is 9.88 Å². The molecule has 0 saturated carbocycles. The van der Waals surface area contributed by atoms with Crippen molar-refractivity contribution >= 4 is 11.6 Å². The van der Waals surface area contributed by atoms with Crippen LogP contribution >= 0.6 is 11.6 Å². The maximum Gasteiger partial charge on any atom is 0.179 e. The number of ether oxygens (including phenoxy) is 2. The number of halogens is 1. The second-order valence-electron chi connectivity index (χ2n) is 5.70. The van der Waals surface area contributed by atoms with Crippen LogP contribution in [0.25, 0.3) is 0 Å². The number of rotatable bonds is 10. The third kappa shape index (κ3) is 5.36. The zero-order valence-corrected chi connectivity index (χ0v) is 15.8. The molecule has 0 aliphatic rings. The second kappa shape index (κ2) is 9.65. The van der Waals surface area contributed by atoms with Crippen LogP contribution in [0, 0.1) is 0 Å². The van der Waals surface area contributed by atoms with E-state index >= 15 is 0 Å². The first-order valence-corrected chi connectivity index (χ1v) is 8.83. The standard InChI is InChI=1S/C18H26ClN3O3/c1-4-24-17-9-14(8-16(19)18(17)25-5-2)11-22(6-7-23)12-15-10-20-13-21(15)3/h8-10,13,23H,4-7,11-12H2,1-3H3. The molecule has 0 bridgehead atoms. The minimum absolute atomic E-state index is 0.0843. The molecule has 6 nitrogen and oxygen atoms in total. The first kappa shape index (κ1) is 19.6. The molecule has 0 spiro atoms. The summed E-state index contributed by atoms with van der Waals surface area (Å²) in [5, 5.41) is 9.92. The maximum absolute atomic E-state index is 9.39. The number of aliphatic hydroxyl groups excluding tert-OH is 1. The van der Waals surface area contributed by atoms with E-state index in [9.17, 15) is 5.11 Å². The highest BCUT2D eigenvalue weighted by Crippen LogP contribution is 2.37. The van der Waals surface area contributed by atoms with Crippen LogP contribution in [0.15, 0.2) is 24.7 Å². The Kier molecular flexibility index (Phi) is 7.55. The molecular formula is C18H26ClN3O3. The van der Waals surface area contributed by atoms with E-state index in [1.54, 1.807) is 6.33 Å². The Balaban J connectivity index is 2.21. The minimum atomic E-state index is 0.0843. The molecule has 0 aliphatic carbocycles. The highest BCUT2D eigenvalue weighted by Gasteiger charge is 2.15. The molecule has 2 rings (SSSR count). The summed E-state index contributed by atoms with van der Waals surface area (Å²) in [7, 11) is 1.96. The van der Waals surface area contributed by atoms with Gasteiger partial charge in [-0.1, -0.05) is 11.6 Å². The van der Waals surface area contributed by atoms with Crippen molar-refractivity contribution in [2.75, 3.05) is 26.4 Å². The van der Waals surface area contributed by atoms with Crippen molar-refractivity contribution in [2.24, 2.45) is 7.05 Å². The van der Waals surface area contributed by atoms with Crippen molar-refractivity contribution in [2.45, 2.75) is 26.9 Å². The van der Waals surface area contributed by atoms with Crippen molar-refractivity contribution in [3.63, 3.8) is 0 Å². The second-order valence-corrected chi connectivity index (χ2v) is 6.11. The largest absolute Gasteiger partial charge is 0.490 e. The molecule has 1 heterocycles. The normalized spacial score (nSPS) is 11.1. The van der Waals surface area contributed by atoms with Gasteiger partial charge >= 0.3 is 0 Å². The van der Waals surface area contributed by atoms with Crippen molar-refractivity contribution in [1.29, 1.82) is 0 Å². The molecule has 0 radical (unpaired) electrons. The van der Waals surface area contributed by atoms with E-state index in [1.807, 2.05) is 43.8 Å². The van der Waals surface area contributed by atoms with Crippen molar-refractivity contribution in [1.82, 2.24) is 14.5 Å². The summed E-state index contributed by atoms with van der Waals surface area (Å²) in [6.45, 7) is 6.86. The average Bonchev–Trinajstić information content (AvgIpc) is 2.96. The van der Waals surface area contributed by atoms with Gasteiger partial charge in [0, 0.05) is 32.9 Å². The fraction of sp³-hybridized carbons (Fsp3) is 0.500. The lowest BCUT2D eigenvalue weighted by molar-refractivity contribution is 0.181. The molecule has 2 aromatic rings. The number of imidazole rings is 1. The van der Waals surface area contributed by atoms with E-state index in [0.717, 1.165) is 11.3 Å². The Morgan fingerprint density at radius 3 is 2.56 bits per heavy atom. The Morgan fingerprint density at radius 2 is 1.96 bits per heavy atom. The molecule has 1 N–H and O–H groups in total. The van der Waals surface area contributed by atoms with E-state index in [4.69, 9.17) is 21.1 Å². The fourth-order valence-electron chi connectivity index (χ4n) is 2.64. The van der Waals surface area contributed by atoms with Crippen LogP contribution in [0.1, 0.15) is 25.1 Å². The summed E-state index contributed by atoms with van der Waals surface area (Å²) in [5.41, 5.74) is 2.09. The van der Waals surface area contributed by atoms with E-state index < -0.39 is 0 Å². The first-order chi connectivity index (χ1) is 12.1. The summed E-state index contributed by atoms with van der Waals surface area (Å²) >= 11 is 6.39. The number of aryl methyl sites for hydroxylation is 1. The number of aromatic nitrogens is 2. The number of hydrogen-bond acceptors (Lipinski definition) is 5. The molecule has 0 saturated heterocycles. The highest BCUT2D eigenvalue weighted by molar-refractivity contribution is 6.32. The van der Waals surface area contributed by atoms with E-state index in [0.29, 0.717) is 49.4 Å². The average molecular weight is 368 g/mol. The zero-order valence-electron chi connectivity index (χ0n) is 15.0. The molecular weight excluding hydrogens is 342 g/mol. The maximum atomic E-state index is 9.39. The van der Waals surface area contributed by atoms with Crippen LogP contribution in [0.3, 0.4) is 0 Å². The zero-order chi connectivity index (χ0) is 18.2. The topological polar surface area (TPSA) is 59.8 Å². The van der Waals surface area contributed by atoms with Crippen LogP contribution in [-0.2, 0) is 20.1 Å². The third-order valence-electron chi connectivity index (χ3n) is 3.78. The van der Waals surface area contributed by atoms with Gasteiger partial charge in [0.25, 0.3) is 0 Å². The smallest absolute Gasteiger partial charge is 0.179 e. The fourth-order valence-corrected chi connectivity index (χ4v) is 2.93. The van der Waals surface area contributed by atoms with Crippen LogP contribution in [-0.4, -0.2) is 45.9 Å². The monoisotopic (exact) mass is 367 g/mol. The van der Waals surface area contributed by atoms with Crippen molar-refractivity contribution < 1.29 is 14.6 Å². The minimum Gasteiger partial charge on any atom is -0.490 e. The quantitative estimate of drug-likeness (QED) is 0.699. The molecule has 25 heavy (non-hydrogen) atoms. The highest BCUT2D eigenvalue weighted by atomic mass is 35.5. The molecule has 0 fully saturated rings. The molecule has 1 aromatic heterocycles. The van der Waals surface area contributed by atoms with E-state index in [1.165, 1.54) is 0 Å². The van der Waals surface area contributed by atoms with Crippen LogP contribution < -0.4 is 9.47 Å². The van der Waals surface area contributed by atoms with Gasteiger partial charge in [0.2, 0.25) is 0 Å². The Morgan fingerprint density at radius 1 is 1.20 bits per heavy atom. The summed E-state index contributed by atoms with van der Waals surface area (Å²) in [6, 6.07) is 3.84. The molecule has 7 heteroatoms. The number of aliphatic hydroxyl groups is 1. The van der Waals surface area contributed by atoms with Gasteiger partial charge < -0.3 is 19.1 Å². The van der Waals surface area contributed by atoms with Gasteiger partial charge in [-0.15, -0.1) is 0 Å². The van der Waals surface area contributed by atoms with Crippen LogP contribution in [0.4, 0.5) is 0 Å². The van der Waals surface area contributed by atoms with Crippen molar-refractivity contribution in [3.05, 3.63) is 40.9 Å². The first-order valence-electron chi connectivity index (χ1n) is 8.45. The Labute approximate surface area is 153 Å².